The van der Waals surface area contributed by atoms with Crippen molar-refractivity contribution < 1.29 is 18.0 Å². The highest BCUT2D eigenvalue weighted by molar-refractivity contribution is 7.98. The quantitative estimate of drug-likeness (QED) is 0.719. The molecule has 0 aliphatic heterocycles. The molecule has 1 aromatic carbocycles. The summed E-state index contributed by atoms with van der Waals surface area (Å²) in [5, 5.41) is 2.38. The molecule has 2 rings (SSSR count). The van der Waals surface area contributed by atoms with Crippen molar-refractivity contribution >= 4 is 29.0 Å². The Bertz CT molecular complexity index is 736. The van der Waals surface area contributed by atoms with Gasteiger partial charge in [0.25, 0.3) is 0 Å². The SMILES string of the molecule is CN(C)c1ccc(NC(=O)CCSCc2ccccn2)c(C(F)(F)F)c1. The first-order chi connectivity index (χ1) is 12.3. The maximum atomic E-state index is 13.3. The van der Waals surface area contributed by atoms with Crippen LogP contribution in [0.3, 0.4) is 0 Å². The molecule has 4 nitrogen and oxygen atoms in total. The van der Waals surface area contributed by atoms with Crippen molar-refractivity contribution in [2.24, 2.45) is 0 Å². The van der Waals surface area contributed by atoms with Crippen molar-refractivity contribution in [3.8, 4) is 0 Å². The number of nitrogens with zero attached hydrogens (tertiary/aromatic N) is 2. The normalized spacial score (nSPS) is 11.3. The Morgan fingerprint density at radius 2 is 2.00 bits per heavy atom. The average Bonchev–Trinajstić information content (AvgIpc) is 2.59. The van der Waals surface area contributed by atoms with Gasteiger partial charge in [-0.15, -0.1) is 0 Å². The molecule has 0 aliphatic rings. The van der Waals surface area contributed by atoms with Crippen molar-refractivity contribution in [2.45, 2.75) is 18.3 Å². The van der Waals surface area contributed by atoms with Crippen molar-refractivity contribution in [3.05, 3.63) is 53.9 Å². The zero-order valence-corrected chi connectivity index (χ0v) is 15.3. The van der Waals surface area contributed by atoms with E-state index in [2.05, 4.69) is 10.3 Å². The molecule has 0 aliphatic carbocycles. The lowest BCUT2D eigenvalue weighted by Gasteiger charge is -2.18. The molecule has 8 heteroatoms. The van der Waals surface area contributed by atoms with Gasteiger partial charge in [0.1, 0.15) is 0 Å². The molecule has 1 aromatic heterocycles. The van der Waals surface area contributed by atoms with Gasteiger partial charge in [-0.25, -0.2) is 0 Å². The van der Waals surface area contributed by atoms with Crippen LogP contribution >= 0.6 is 11.8 Å². The van der Waals surface area contributed by atoms with Gasteiger partial charge in [0.2, 0.25) is 5.91 Å². The lowest BCUT2D eigenvalue weighted by molar-refractivity contribution is -0.136. The van der Waals surface area contributed by atoms with E-state index >= 15 is 0 Å². The van der Waals surface area contributed by atoms with Gasteiger partial charge in [0.15, 0.2) is 0 Å². The molecule has 0 fully saturated rings. The van der Waals surface area contributed by atoms with E-state index in [1.165, 1.54) is 17.8 Å². The molecular formula is C18H20F3N3OS. The van der Waals surface area contributed by atoms with Gasteiger partial charge in [-0.2, -0.15) is 24.9 Å². The second-order valence-corrected chi connectivity index (χ2v) is 6.90. The van der Waals surface area contributed by atoms with Gasteiger partial charge in [-0.05, 0) is 30.3 Å². The summed E-state index contributed by atoms with van der Waals surface area (Å²) in [6.07, 6.45) is -2.72. The van der Waals surface area contributed by atoms with Gasteiger partial charge in [-0.3, -0.25) is 9.78 Å². The highest BCUT2D eigenvalue weighted by atomic mass is 32.2. The van der Waals surface area contributed by atoms with Crippen molar-refractivity contribution in [1.29, 1.82) is 0 Å². The third-order valence-electron chi connectivity index (χ3n) is 3.55. The Morgan fingerprint density at radius 1 is 1.23 bits per heavy atom. The molecule has 26 heavy (non-hydrogen) atoms. The van der Waals surface area contributed by atoms with E-state index in [4.69, 9.17) is 0 Å². The number of aromatic nitrogens is 1. The van der Waals surface area contributed by atoms with Crippen molar-refractivity contribution in [3.63, 3.8) is 0 Å². The molecule has 2 aromatic rings. The molecule has 0 atom stereocenters. The molecule has 140 valence electrons. The predicted octanol–water partition coefficient (Wildman–Crippen LogP) is 4.43. The number of hydrogen-bond acceptors (Lipinski definition) is 4. The van der Waals surface area contributed by atoms with Crippen LogP contribution in [0.2, 0.25) is 0 Å². The zero-order chi connectivity index (χ0) is 19.2. The number of thioether (sulfide) groups is 1. The zero-order valence-electron chi connectivity index (χ0n) is 14.5. The summed E-state index contributed by atoms with van der Waals surface area (Å²) in [7, 11) is 3.32. The largest absolute Gasteiger partial charge is 0.418 e. The van der Waals surface area contributed by atoms with Crippen LogP contribution in [0.15, 0.2) is 42.6 Å². The highest BCUT2D eigenvalue weighted by Crippen LogP contribution is 2.37. The standard InChI is InChI=1S/C18H20F3N3OS/c1-24(2)14-6-7-16(15(11-14)18(19,20)21)23-17(25)8-10-26-12-13-5-3-4-9-22-13/h3-7,9,11H,8,10,12H2,1-2H3,(H,23,25). The van der Waals surface area contributed by atoms with E-state index in [-0.39, 0.29) is 12.1 Å². The number of anilines is 2. The fraction of sp³-hybridized carbons (Fsp3) is 0.333. The van der Waals surface area contributed by atoms with Gasteiger partial charge in [0, 0.05) is 43.9 Å². The summed E-state index contributed by atoms with van der Waals surface area (Å²) < 4.78 is 39.8. The Kier molecular flexibility index (Phi) is 6.90. The third-order valence-corrected chi connectivity index (χ3v) is 4.54. The first kappa shape index (κ1) is 20.1. The van der Waals surface area contributed by atoms with Crippen LogP contribution in [0.25, 0.3) is 0 Å². The maximum absolute atomic E-state index is 13.3. The van der Waals surface area contributed by atoms with Crippen LogP contribution < -0.4 is 10.2 Å². The van der Waals surface area contributed by atoms with Crippen LogP contribution in [0, 0.1) is 0 Å². The second kappa shape index (κ2) is 8.93. The van der Waals surface area contributed by atoms with E-state index in [1.807, 2.05) is 18.2 Å². The minimum Gasteiger partial charge on any atom is -0.378 e. The van der Waals surface area contributed by atoms with Crippen LogP contribution in [-0.4, -0.2) is 30.7 Å². The number of carbonyl (C=O) groups excluding carboxylic acids is 1. The van der Waals surface area contributed by atoms with E-state index in [0.29, 0.717) is 17.2 Å². The molecule has 0 unspecified atom stereocenters. The fourth-order valence-electron chi connectivity index (χ4n) is 2.19. The fourth-order valence-corrected chi connectivity index (χ4v) is 3.05. The van der Waals surface area contributed by atoms with Gasteiger partial charge in [-0.1, -0.05) is 6.07 Å². The maximum Gasteiger partial charge on any atom is 0.418 e. The van der Waals surface area contributed by atoms with Gasteiger partial charge in [0.05, 0.1) is 16.9 Å². The summed E-state index contributed by atoms with van der Waals surface area (Å²) >= 11 is 1.51. The number of carbonyl (C=O) groups is 1. The molecule has 0 saturated carbocycles. The lowest BCUT2D eigenvalue weighted by Crippen LogP contribution is -2.18. The average molecular weight is 383 g/mol. The number of halogens is 3. The predicted molar refractivity (Wildman–Crippen MR) is 99.4 cm³/mol. The number of nitrogens with one attached hydrogen (secondary N) is 1. The second-order valence-electron chi connectivity index (χ2n) is 5.79. The molecule has 0 spiro atoms. The van der Waals surface area contributed by atoms with Crippen LogP contribution in [0.1, 0.15) is 17.7 Å². The highest BCUT2D eigenvalue weighted by Gasteiger charge is 2.34. The Balaban J connectivity index is 1.93. The van der Waals surface area contributed by atoms with Crippen molar-refractivity contribution in [2.75, 3.05) is 30.1 Å². The topological polar surface area (TPSA) is 45.2 Å². The molecule has 0 saturated heterocycles. The van der Waals surface area contributed by atoms with Crippen LogP contribution in [0.5, 0.6) is 0 Å². The summed E-state index contributed by atoms with van der Waals surface area (Å²) in [6.45, 7) is 0. The molecule has 1 heterocycles. The number of hydrogen-bond donors (Lipinski definition) is 1. The summed E-state index contributed by atoms with van der Waals surface area (Å²) in [6, 6.07) is 9.45. The number of amides is 1. The number of alkyl halides is 3. The molecule has 1 N–H and O–H groups in total. The Labute approximate surface area is 154 Å². The summed E-state index contributed by atoms with van der Waals surface area (Å²) in [5.74, 6) is 0.709. The molecule has 0 bridgehead atoms. The Hall–Kier alpha value is -2.22. The van der Waals surface area contributed by atoms with Crippen LogP contribution in [0.4, 0.5) is 24.5 Å². The number of rotatable bonds is 7. The van der Waals surface area contributed by atoms with Gasteiger partial charge < -0.3 is 10.2 Å². The lowest BCUT2D eigenvalue weighted by atomic mass is 10.1. The summed E-state index contributed by atoms with van der Waals surface area (Å²) in [4.78, 5) is 17.8. The molecule has 1 amide bonds. The van der Waals surface area contributed by atoms with E-state index < -0.39 is 17.6 Å². The van der Waals surface area contributed by atoms with Crippen LogP contribution in [-0.2, 0) is 16.7 Å². The van der Waals surface area contributed by atoms with E-state index in [9.17, 15) is 18.0 Å². The van der Waals surface area contributed by atoms with Gasteiger partial charge >= 0.3 is 6.18 Å². The van der Waals surface area contributed by atoms with E-state index in [1.54, 1.807) is 31.3 Å². The third kappa shape index (κ3) is 5.94. The first-order valence-corrected chi connectivity index (χ1v) is 9.09. The summed E-state index contributed by atoms with van der Waals surface area (Å²) in [5.41, 5.74) is 0.249. The number of pyridine rings is 1. The van der Waals surface area contributed by atoms with Crippen molar-refractivity contribution in [1.82, 2.24) is 4.98 Å². The first-order valence-electron chi connectivity index (χ1n) is 7.93. The number of benzene rings is 1. The molecular weight excluding hydrogens is 363 g/mol. The van der Waals surface area contributed by atoms with E-state index in [0.717, 1.165) is 11.8 Å². The minimum absolute atomic E-state index is 0.129. The Morgan fingerprint density at radius 3 is 2.62 bits per heavy atom. The molecule has 0 radical (unpaired) electrons. The monoisotopic (exact) mass is 383 g/mol. The smallest absolute Gasteiger partial charge is 0.378 e. The minimum atomic E-state index is -4.54.